The first kappa shape index (κ1) is 10.5. The number of carboxylic acid groups (broad SMARTS) is 1. The van der Waals surface area contributed by atoms with Crippen molar-refractivity contribution in [2.24, 2.45) is 11.8 Å². The van der Waals surface area contributed by atoms with Gasteiger partial charge in [-0.1, -0.05) is 12.8 Å². The first-order chi connectivity index (χ1) is 7.11. The first-order valence-electron chi connectivity index (χ1n) is 5.60. The van der Waals surface area contributed by atoms with Crippen LogP contribution in [0.5, 0.6) is 0 Å². The van der Waals surface area contributed by atoms with Gasteiger partial charge in [0.25, 0.3) is 0 Å². The van der Waals surface area contributed by atoms with E-state index in [-0.39, 0.29) is 11.8 Å². The molecule has 2 saturated carbocycles. The Labute approximate surface area is 89.3 Å². The van der Waals surface area contributed by atoms with E-state index >= 15 is 0 Å². The van der Waals surface area contributed by atoms with Crippen LogP contribution in [-0.2, 0) is 9.59 Å². The third-order valence-corrected chi connectivity index (χ3v) is 3.64. The Morgan fingerprint density at radius 3 is 2.27 bits per heavy atom. The van der Waals surface area contributed by atoms with Crippen molar-refractivity contribution < 1.29 is 14.7 Å². The molecular formula is C11H17NO3. The molecule has 0 aromatic carbocycles. The van der Waals surface area contributed by atoms with Gasteiger partial charge in [0.05, 0.1) is 11.8 Å². The second-order valence-electron chi connectivity index (χ2n) is 4.67. The van der Waals surface area contributed by atoms with Crippen LogP contribution in [0.15, 0.2) is 0 Å². The summed E-state index contributed by atoms with van der Waals surface area (Å²) in [6.45, 7) is 0. The SMILES string of the molecule is CN(C(=O)[C@@H]1C[C@@H]1C(=O)O)C1CCCC1. The second-order valence-corrected chi connectivity index (χ2v) is 4.67. The Kier molecular flexibility index (Phi) is 2.67. The van der Waals surface area contributed by atoms with Crippen molar-refractivity contribution in [3.8, 4) is 0 Å². The number of rotatable bonds is 3. The van der Waals surface area contributed by atoms with Crippen LogP contribution in [0.1, 0.15) is 32.1 Å². The fourth-order valence-electron chi connectivity index (χ4n) is 2.47. The lowest BCUT2D eigenvalue weighted by atomic mass is 10.2. The maximum absolute atomic E-state index is 11.9. The zero-order chi connectivity index (χ0) is 11.0. The largest absolute Gasteiger partial charge is 0.481 e. The Balaban J connectivity index is 1.88. The fourth-order valence-corrected chi connectivity index (χ4v) is 2.47. The van der Waals surface area contributed by atoms with Gasteiger partial charge in [0.1, 0.15) is 0 Å². The normalized spacial score (nSPS) is 30.2. The summed E-state index contributed by atoms with van der Waals surface area (Å²) in [6.07, 6.45) is 5.06. The highest BCUT2D eigenvalue weighted by atomic mass is 16.4. The van der Waals surface area contributed by atoms with Gasteiger partial charge < -0.3 is 10.0 Å². The van der Waals surface area contributed by atoms with E-state index in [0.29, 0.717) is 12.5 Å². The van der Waals surface area contributed by atoms with Gasteiger partial charge in [-0.3, -0.25) is 9.59 Å². The van der Waals surface area contributed by atoms with E-state index in [1.807, 2.05) is 7.05 Å². The van der Waals surface area contributed by atoms with Crippen LogP contribution in [0.4, 0.5) is 0 Å². The van der Waals surface area contributed by atoms with Crippen molar-refractivity contribution in [2.75, 3.05) is 7.05 Å². The number of carboxylic acids is 1. The topological polar surface area (TPSA) is 57.6 Å². The quantitative estimate of drug-likeness (QED) is 0.760. The molecule has 2 aliphatic rings. The third kappa shape index (κ3) is 1.98. The Bertz CT molecular complexity index is 284. The van der Waals surface area contributed by atoms with Crippen molar-refractivity contribution in [1.82, 2.24) is 4.90 Å². The summed E-state index contributed by atoms with van der Waals surface area (Å²) in [6, 6.07) is 0.354. The molecule has 0 saturated heterocycles. The summed E-state index contributed by atoms with van der Waals surface area (Å²) < 4.78 is 0. The predicted molar refractivity (Wildman–Crippen MR) is 54.3 cm³/mol. The van der Waals surface area contributed by atoms with E-state index in [4.69, 9.17) is 5.11 Å². The lowest BCUT2D eigenvalue weighted by molar-refractivity contribution is -0.142. The van der Waals surface area contributed by atoms with Crippen LogP contribution in [0, 0.1) is 11.8 Å². The number of hydrogen-bond acceptors (Lipinski definition) is 2. The summed E-state index contributed by atoms with van der Waals surface area (Å²) in [5, 5.41) is 8.75. The number of aliphatic carboxylic acids is 1. The number of carbonyl (C=O) groups excluding carboxylic acids is 1. The van der Waals surface area contributed by atoms with Crippen molar-refractivity contribution in [3.05, 3.63) is 0 Å². The van der Waals surface area contributed by atoms with Crippen LogP contribution in [0.25, 0.3) is 0 Å². The summed E-state index contributed by atoms with van der Waals surface area (Å²) in [5.41, 5.74) is 0. The highest BCUT2D eigenvalue weighted by Crippen LogP contribution is 2.40. The number of nitrogens with zero attached hydrogens (tertiary/aromatic N) is 1. The van der Waals surface area contributed by atoms with Crippen molar-refractivity contribution in [2.45, 2.75) is 38.1 Å². The van der Waals surface area contributed by atoms with Crippen molar-refractivity contribution in [1.29, 1.82) is 0 Å². The Morgan fingerprint density at radius 1 is 1.20 bits per heavy atom. The molecule has 0 radical (unpaired) electrons. The average molecular weight is 211 g/mol. The van der Waals surface area contributed by atoms with Crippen LogP contribution in [-0.4, -0.2) is 35.0 Å². The molecule has 0 aromatic heterocycles. The van der Waals surface area contributed by atoms with E-state index in [0.717, 1.165) is 12.8 Å². The first-order valence-corrected chi connectivity index (χ1v) is 5.60. The van der Waals surface area contributed by atoms with E-state index in [1.165, 1.54) is 12.8 Å². The van der Waals surface area contributed by atoms with Crippen molar-refractivity contribution in [3.63, 3.8) is 0 Å². The molecule has 84 valence electrons. The molecule has 2 fully saturated rings. The molecule has 2 rings (SSSR count). The lowest BCUT2D eigenvalue weighted by Crippen LogP contribution is -2.36. The van der Waals surface area contributed by atoms with Gasteiger partial charge in [-0.2, -0.15) is 0 Å². The minimum Gasteiger partial charge on any atom is -0.481 e. The summed E-state index contributed by atoms with van der Waals surface area (Å²) in [4.78, 5) is 24.3. The van der Waals surface area contributed by atoms with Gasteiger partial charge in [-0.15, -0.1) is 0 Å². The predicted octanol–water partition coefficient (Wildman–Crippen LogP) is 1.11. The van der Waals surface area contributed by atoms with Gasteiger partial charge in [0.15, 0.2) is 0 Å². The molecule has 2 atom stereocenters. The molecule has 1 amide bonds. The van der Waals surface area contributed by atoms with E-state index in [1.54, 1.807) is 4.90 Å². The molecule has 0 heterocycles. The lowest BCUT2D eigenvalue weighted by Gasteiger charge is -2.24. The Hall–Kier alpha value is -1.06. The molecule has 0 aliphatic heterocycles. The second kappa shape index (κ2) is 3.83. The minimum absolute atomic E-state index is 0.0364. The zero-order valence-corrected chi connectivity index (χ0v) is 8.98. The fraction of sp³-hybridized carbons (Fsp3) is 0.818. The highest BCUT2D eigenvalue weighted by molar-refractivity contribution is 5.89. The molecule has 15 heavy (non-hydrogen) atoms. The van der Waals surface area contributed by atoms with Gasteiger partial charge in [-0.05, 0) is 19.3 Å². The van der Waals surface area contributed by atoms with Crippen LogP contribution < -0.4 is 0 Å². The Morgan fingerprint density at radius 2 is 1.80 bits per heavy atom. The maximum atomic E-state index is 11.9. The molecule has 0 unspecified atom stereocenters. The molecule has 4 nitrogen and oxygen atoms in total. The monoisotopic (exact) mass is 211 g/mol. The van der Waals surface area contributed by atoms with E-state index in [9.17, 15) is 9.59 Å². The van der Waals surface area contributed by atoms with Gasteiger partial charge >= 0.3 is 5.97 Å². The number of hydrogen-bond donors (Lipinski definition) is 1. The van der Waals surface area contributed by atoms with Gasteiger partial charge in [-0.25, -0.2) is 0 Å². The molecule has 0 bridgehead atoms. The molecule has 4 heteroatoms. The van der Waals surface area contributed by atoms with Crippen LogP contribution >= 0.6 is 0 Å². The third-order valence-electron chi connectivity index (χ3n) is 3.64. The number of amides is 1. The molecule has 2 aliphatic carbocycles. The molecule has 1 N–H and O–H groups in total. The maximum Gasteiger partial charge on any atom is 0.307 e. The smallest absolute Gasteiger partial charge is 0.307 e. The van der Waals surface area contributed by atoms with Gasteiger partial charge in [0, 0.05) is 13.1 Å². The molecule has 0 aromatic rings. The summed E-state index contributed by atoms with van der Waals surface area (Å²) in [7, 11) is 1.82. The molecule has 0 spiro atoms. The van der Waals surface area contributed by atoms with E-state index < -0.39 is 11.9 Å². The van der Waals surface area contributed by atoms with Crippen molar-refractivity contribution >= 4 is 11.9 Å². The average Bonchev–Trinajstić information content (AvgIpc) is 2.83. The van der Waals surface area contributed by atoms with Crippen LogP contribution in [0.3, 0.4) is 0 Å². The molecular weight excluding hydrogens is 194 g/mol. The van der Waals surface area contributed by atoms with Gasteiger partial charge in [0.2, 0.25) is 5.91 Å². The highest BCUT2D eigenvalue weighted by Gasteiger charge is 2.50. The number of carbonyl (C=O) groups is 2. The van der Waals surface area contributed by atoms with Crippen LogP contribution in [0.2, 0.25) is 0 Å². The summed E-state index contributed by atoms with van der Waals surface area (Å²) >= 11 is 0. The zero-order valence-electron chi connectivity index (χ0n) is 8.98. The van der Waals surface area contributed by atoms with E-state index in [2.05, 4.69) is 0 Å². The summed E-state index contributed by atoms with van der Waals surface area (Å²) in [5.74, 6) is -1.45. The minimum atomic E-state index is -0.826. The standard InChI is InChI=1S/C11H17NO3/c1-12(7-4-2-3-5-7)10(13)8-6-9(8)11(14)15/h7-9H,2-6H2,1H3,(H,14,15)/t8-,9+/m1/s1.